The van der Waals surface area contributed by atoms with Gasteiger partial charge in [0.25, 0.3) is 0 Å². The largest absolute Gasteiger partial charge is 0.573 e. The van der Waals surface area contributed by atoms with Crippen LogP contribution in [0.1, 0.15) is 25.0 Å². The Kier molecular flexibility index (Phi) is 6.28. The standard InChI is InChI=1S/C23H25F3N2O5S/c1-14-12-27(18-6-4-7-19(11-18)33-23(24,25)26)13-15(2)28(14)34(31,32)21-8-3-5-16-9-17(22(29)30)10-20(16)21/h3-8,11,14-15,17H,9-10,12-13H2,1-2H3,(H,29,30). The molecule has 3 unspecified atom stereocenters. The molecule has 1 N–H and O–H groups in total. The van der Waals surface area contributed by atoms with Crippen LogP contribution in [0.4, 0.5) is 18.9 Å². The van der Waals surface area contributed by atoms with E-state index < -0.39 is 40.4 Å². The van der Waals surface area contributed by atoms with E-state index in [2.05, 4.69) is 4.74 Å². The van der Waals surface area contributed by atoms with E-state index >= 15 is 0 Å². The van der Waals surface area contributed by atoms with E-state index in [1.165, 1.54) is 28.6 Å². The van der Waals surface area contributed by atoms with Crippen LogP contribution in [-0.4, -0.2) is 55.3 Å². The molecule has 4 rings (SSSR count). The van der Waals surface area contributed by atoms with Gasteiger partial charge in [-0.15, -0.1) is 13.2 Å². The highest BCUT2D eigenvalue weighted by atomic mass is 32.2. The second-order valence-corrected chi connectivity index (χ2v) is 10.6. The Labute approximate surface area is 195 Å². The third kappa shape index (κ3) is 4.72. The third-order valence-corrected chi connectivity index (χ3v) is 8.52. The molecule has 0 radical (unpaired) electrons. The zero-order chi connectivity index (χ0) is 24.8. The van der Waals surface area contributed by atoms with Crippen molar-refractivity contribution in [1.82, 2.24) is 4.31 Å². The van der Waals surface area contributed by atoms with Crippen molar-refractivity contribution in [1.29, 1.82) is 0 Å². The van der Waals surface area contributed by atoms with Crippen molar-refractivity contribution in [2.45, 2.75) is 50.0 Å². The Bertz CT molecular complexity index is 1190. The van der Waals surface area contributed by atoms with E-state index in [-0.39, 0.29) is 30.2 Å². The van der Waals surface area contributed by atoms with Crippen molar-refractivity contribution in [3.8, 4) is 5.75 Å². The van der Waals surface area contributed by atoms with Crippen LogP contribution < -0.4 is 9.64 Å². The summed E-state index contributed by atoms with van der Waals surface area (Å²) in [6, 6.07) is 9.57. The number of hydrogen-bond acceptors (Lipinski definition) is 5. The summed E-state index contributed by atoms with van der Waals surface area (Å²) in [7, 11) is -3.93. The molecule has 11 heteroatoms. The SMILES string of the molecule is CC1CN(c2cccc(OC(F)(F)F)c2)CC(C)N1S(=O)(=O)c1cccc2c1CC(C(=O)O)C2. The molecule has 34 heavy (non-hydrogen) atoms. The molecule has 7 nitrogen and oxygen atoms in total. The van der Waals surface area contributed by atoms with Gasteiger partial charge in [0.1, 0.15) is 5.75 Å². The number of carboxylic acids is 1. The first kappa shape index (κ1) is 24.3. The molecule has 1 aliphatic carbocycles. The van der Waals surface area contributed by atoms with Crippen molar-refractivity contribution >= 4 is 21.7 Å². The van der Waals surface area contributed by atoms with Gasteiger partial charge in [-0.1, -0.05) is 18.2 Å². The zero-order valence-electron chi connectivity index (χ0n) is 18.6. The Morgan fingerprint density at radius 1 is 1.06 bits per heavy atom. The van der Waals surface area contributed by atoms with Crippen LogP contribution in [0.3, 0.4) is 0 Å². The predicted octanol–water partition coefficient (Wildman–Crippen LogP) is 3.67. The Morgan fingerprint density at radius 2 is 1.71 bits per heavy atom. The van der Waals surface area contributed by atoms with Crippen LogP contribution >= 0.6 is 0 Å². The number of ether oxygens (including phenoxy) is 1. The summed E-state index contributed by atoms with van der Waals surface area (Å²) in [5, 5.41) is 9.39. The first-order valence-corrected chi connectivity index (χ1v) is 12.3. The van der Waals surface area contributed by atoms with E-state index in [0.717, 1.165) is 5.56 Å². The number of sulfonamides is 1. The van der Waals surface area contributed by atoms with Gasteiger partial charge in [0.2, 0.25) is 10.0 Å². The lowest BCUT2D eigenvalue weighted by atomic mass is 10.1. The van der Waals surface area contributed by atoms with Gasteiger partial charge in [0.05, 0.1) is 10.8 Å². The Morgan fingerprint density at radius 3 is 2.32 bits per heavy atom. The molecule has 1 aliphatic heterocycles. The molecule has 3 atom stereocenters. The van der Waals surface area contributed by atoms with Gasteiger partial charge in [-0.25, -0.2) is 8.42 Å². The second kappa shape index (κ2) is 8.77. The van der Waals surface area contributed by atoms with Gasteiger partial charge in [0, 0.05) is 36.9 Å². The minimum Gasteiger partial charge on any atom is -0.481 e. The van der Waals surface area contributed by atoms with Gasteiger partial charge < -0.3 is 14.7 Å². The maximum atomic E-state index is 13.7. The molecule has 2 aliphatic rings. The summed E-state index contributed by atoms with van der Waals surface area (Å²) in [5.74, 6) is -1.94. The number of rotatable bonds is 5. The molecule has 2 aromatic rings. The minimum atomic E-state index is -4.80. The molecule has 1 heterocycles. The molecule has 2 aromatic carbocycles. The fourth-order valence-electron chi connectivity index (χ4n) is 5.02. The summed E-state index contributed by atoms with van der Waals surface area (Å²) >= 11 is 0. The van der Waals surface area contributed by atoms with Crippen LogP contribution in [-0.2, 0) is 27.7 Å². The quantitative estimate of drug-likeness (QED) is 0.677. The molecular formula is C23H25F3N2O5S. The topological polar surface area (TPSA) is 87.2 Å². The predicted molar refractivity (Wildman–Crippen MR) is 118 cm³/mol. The van der Waals surface area contributed by atoms with Crippen molar-refractivity contribution in [3.05, 3.63) is 53.6 Å². The number of fused-ring (bicyclic) bond motifs is 1. The van der Waals surface area contributed by atoms with Crippen LogP contribution in [0.2, 0.25) is 0 Å². The zero-order valence-corrected chi connectivity index (χ0v) is 19.4. The van der Waals surface area contributed by atoms with Crippen molar-refractivity contribution < 1.29 is 36.2 Å². The molecular weight excluding hydrogens is 473 g/mol. The lowest BCUT2D eigenvalue weighted by molar-refractivity contribution is -0.274. The molecule has 0 saturated carbocycles. The van der Waals surface area contributed by atoms with Crippen molar-refractivity contribution in [3.63, 3.8) is 0 Å². The summed E-state index contributed by atoms with van der Waals surface area (Å²) in [4.78, 5) is 13.4. The summed E-state index contributed by atoms with van der Waals surface area (Å²) in [6.45, 7) is 4.04. The van der Waals surface area contributed by atoms with Gasteiger partial charge >= 0.3 is 12.3 Å². The third-order valence-electron chi connectivity index (χ3n) is 6.31. The van der Waals surface area contributed by atoms with E-state index in [1.807, 2.05) is 4.90 Å². The normalized spacial score (nSPS) is 23.6. The van der Waals surface area contributed by atoms with Crippen molar-refractivity contribution in [2.24, 2.45) is 5.92 Å². The molecule has 1 fully saturated rings. The summed E-state index contributed by atoms with van der Waals surface area (Å²) < 4.78 is 70.7. The summed E-state index contributed by atoms with van der Waals surface area (Å²) in [6.07, 6.45) is -4.35. The number of anilines is 1. The monoisotopic (exact) mass is 498 g/mol. The van der Waals surface area contributed by atoms with Gasteiger partial charge in [-0.2, -0.15) is 4.31 Å². The molecule has 0 amide bonds. The Balaban J connectivity index is 1.58. The fraction of sp³-hybridized carbons (Fsp3) is 0.435. The lowest BCUT2D eigenvalue weighted by Gasteiger charge is -2.44. The highest BCUT2D eigenvalue weighted by Gasteiger charge is 2.41. The van der Waals surface area contributed by atoms with E-state index in [4.69, 9.17) is 0 Å². The average Bonchev–Trinajstić information content (AvgIpc) is 3.16. The van der Waals surface area contributed by atoms with E-state index in [1.54, 1.807) is 32.0 Å². The second-order valence-electron chi connectivity index (χ2n) is 8.82. The number of piperazine rings is 1. The number of aliphatic carboxylic acids is 1. The maximum Gasteiger partial charge on any atom is 0.573 e. The Hall–Kier alpha value is -2.79. The van der Waals surface area contributed by atoms with Gasteiger partial charge in [0.15, 0.2) is 0 Å². The maximum absolute atomic E-state index is 13.7. The highest BCUT2D eigenvalue weighted by Crippen LogP contribution is 2.36. The smallest absolute Gasteiger partial charge is 0.481 e. The molecule has 0 aromatic heterocycles. The van der Waals surface area contributed by atoms with Crippen LogP contribution in [0, 0.1) is 5.92 Å². The minimum absolute atomic E-state index is 0.126. The number of halogens is 3. The van der Waals surface area contributed by atoms with Gasteiger partial charge in [-0.3, -0.25) is 4.79 Å². The lowest BCUT2D eigenvalue weighted by Crippen LogP contribution is -2.58. The molecule has 0 spiro atoms. The number of nitrogens with zero attached hydrogens (tertiary/aromatic N) is 2. The van der Waals surface area contributed by atoms with E-state index in [0.29, 0.717) is 17.7 Å². The first-order chi connectivity index (χ1) is 15.9. The number of carbonyl (C=O) groups is 1. The fourth-order valence-corrected chi connectivity index (χ4v) is 7.10. The first-order valence-electron chi connectivity index (χ1n) is 10.8. The molecule has 0 bridgehead atoms. The number of alkyl halides is 3. The number of hydrogen-bond donors (Lipinski definition) is 1. The van der Waals surface area contributed by atoms with Crippen LogP contribution in [0.5, 0.6) is 5.75 Å². The van der Waals surface area contributed by atoms with Crippen LogP contribution in [0.25, 0.3) is 0 Å². The van der Waals surface area contributed by atoms with Gasteiger partial charge in [-0.05, 0) is 56.0 Å². The van der Waals surface area contributed by atoms with Crippen molar-refractivity contribution in [2.75, 3.05) is 18.0 Å². The van der Waals surface area contributed by atoms with Crippen LogP contribution in [0.15, 0.2) is 47.4 Å². The number of carboxylic acid groups (broad SMARTS) is 1. The molecule has 184 valence electrons. The molecule has 1 saturated heterocycles. The highest BCUT2D eigenvalue weighted by molar-refractivity contribution is 7.89. The average molecular weight is 499 g/mol. The number of benzene rings is 2. The van der Waals surface area contributed by atoms with E-state index in [9.17, 15) is 31.5 Å². The summed E-state index contributed by atoms with van der Waals surface area (Å²) in [5.41, 5.74) is 1.78.